The minimum Gasteiger partial charge on any atom is -0.361 e. The monoisotopic (exact) mass is 323 g/mol. The number of aromatic nitrogens is 5. The van der Waals surface area contributed by atoms with E-state index in [9.17, 15) is 4.79 Å². The van der Waals surface area contributed by atoms with Crippen LogP contribution in [0.3, 0.4) is 0 Å². The second-order valence-electron chi connectivity index (χ2n) is 5.40. The van der Waals surface area contributed by atoms with E-state index >= 15 is 0 Å². The molecule has 0 atom stereocenters. The third-order valence-corrected chi connectivity index (χ3v) is 3.32. The Morgan fingerprint density at radius 1 is 1.17 bits per heavy atom. The van der Waals surface area contributed by atoms with Gasteiger partial charge in [0.2, 0.25) is 0 Å². The van der Waals surface area contributed by atoms with Gasteiger partial charge in [-0.05, 0) is 11.6 Å². The fourth-order valence-electron chi connectivity index (χ4n) is 2.03. The Kier molecular flexibility index (Phi) is 4.46. The van der Waals surface area contributed by atoms with E-state index in [1.165, 1.54) is 6.20 Å². The minimum absolute atomic E-state index is 0.241. The molecule has 0 saturated heterocycles. The lowest BCUT2D eigenvalue weighted by Crippen LogP contribution is -2.17. The highest BCUT2D eigenvalue weighted by molar-refractivity contribution is 6.02. The average Bonchev–Trinajstić information content (AvgIpc) is 3.09. The van der Waals surface area contributed by atoms with E-state index in [0.29, 0.717) is 18.2 Å². The summed E-state index contributed by atoms with van der Waals surface area (Å²) in [7, 11) is 3.72. The van der Waals surface area contributed by atoms with Gasteiger partial charge >= 0.3 is 0 Å². The zero-order valence-electron chi connectivity index (χ0n) is 13.4. The summed E-state index contributed by atoms with van der Waals surface area (Å²) in [5.74, 6) is 0.809. The van der Waals surface area contributed by atoms with Gasteiger partial charge in [0, 0.05) is 39.2 Å². The van der Waals surface area contributed by atoms with Crippen molar-refractivity contribution in [3.05, 3.63) is 60.7 Å². The second kappa shape index (κ2) is 6.86. The van der Waals surface area contributed by atoms with Crippen molar-refractivity contribution in [2.75, 3.05) is 24.3 Å². The molecule has 0 saturated carbocycles. The van der Waals surface area contributed by atoms with E-state index in [-0.39, 0.29) is 11.6 Å². The van der Waals surface area contributed by atoms with Gasteiger partial charge in [0.25, 0.3) is 5.91 Å². The molecule has 0 aliphatic heterocycles. The Morgan fingerprint density at radius 3 is 2.62 bits per heavy atom. The normalized spacial score (nSPS) is 10.4. The lowest BCUT2D eigenvalue weighted by molar-refractivity contribution is 0.102. The molecule has 0 bridgehead atoms. The largest absolute Gasteiger partial charge is 0.361 e. The first-order valence-corrected chi connectivity index (χ1v) is 7.33. The maximum Gasteiger partial charge on any atom is 0.277 e. The van der Waals surface area contributed by atoms with Crippen LogP contribution in [0.2, 0.25) is 0 Å². The highest BCUT2D eigenvalue weighted by Gasteiger charge is 2.09. The molecule has 3 aromatic heterocycles. The molecule has 3 heterocycles. The summed E-state index contributed by atoms with van der Waals surface area (Å²) in [6.45, 7) is 0.679. The van der Waals surface area contributed by atoms with Gasteiger partial charge in [-0.2, -0.15) is 0 Å². The van der Waals surface area contributed by atoms with Crippen molar-refractivity contribution in [1.29, 1.82) is 0 Å². The van der Waals surface area contributed by atoms with Crippen molar-refractivity contribution in [3.8, 4) is 0 Å². The SMILES string of the molecule is CN(C)c1cnc(C(=O)Nc2ccc(Cn3ccnc3)cn2)cn1. The van der Waals surface area contributed by atoms with Crippen LogP contribution in [-0.2, 0) is 6.54 Å². The quantitative estimate of drug-likeness (QED) is 0.764. The summed E-state index contributed by atoms with van der Waals surface area (Å²) in [5, 5.41) is 2.71. The van der Waals surface area contributed by atoms with E-state index in [1.807, 2.05) is 35.8 Å². The van der Waals surface area contributed by atoms with Crippen LogP contribution in [0.25, 0.3) is 0 Å². The molecule has 0 unspecified atom stereocenters. The molecule has 3 aromatic rings. The van der Waals surface area contributed by atoms with Crippen molar-refractivity contribution in [2.45, 2.75) is 6.54 Å². The molecule has 0 spiro atoms. The number of carbonyl (C=O) groups is 1. The van der Waals surface area contributed by atoms with Crippen LogP contribution in [0.1, 0.15) is 16.1 Å². The molecule has 8 heteroatoms. The summed E-state index contributed by atoms with van der Waals surface area (Å²) in [4.78, 5) is 30.5. The molecule has 0 aliphatic rings. The van der Waals surface area contributed by atoms with Gasteiger partial charge in [0.05, 0.1) is 18.7 Å². The van der Waals surface area contributed by atoms with Gasteiger partial charge in [-0.25, -0.2) is 19.9 Å². The number of rotatable bonds is 5. The predicted molar refractivity (Wildman–Crippen MR) is 89.9 cm³/mol. The van der Waals surface area contributed by atoms with Crippen molar-refractivity contribution in [1.82, 2.24) is 24.5 Å². The first kappa shape index (κ1) is 15.6. The predicted octanol–water partition coefficient (Wildman–Crippen LogP) is 1.43. The fraction of sp³-hybridized carbons (Fsp3) is 0.188. The number of anilines is 2. The Labute approximate surface area is 139 Å². The highest BCUT2D eigenvalue weighted by atomic mass is 16.1. The zero-order chi connectivity index (χ0) is 16.9. The third kappa shape index (κ3) is 3.72. The molecular formula is C16H17N7O. The lowest BCUT2D eigenvalue weighted by atomic mass is 10.3. The molecular weight excluding hydrogens is 306 g/mol. The summed E-state index contributed by atoms with van der Waals surface area (Å²) < 4.78 is 1.94. The van der Waals surface area contributed by atoms with E-state index in [0.717, 1.165) is 5.56 Å². The number of nitrogens with one attached hydrogen (secondary N) is 1. The van der Waals surface area contributed by atoms with Crippen LogP contribution in [0, 0.1) is 0 Å². The summed E-state index contributed by atoms with van der Waals surface area (Å²) in [6, 6.07) is 3.66. The maximum absolute atomic E-state index is 12.2. The number of amides is 1. The average molecular weight is 323 g/mol. The van der Waals surface area contributed by atoms with Crippen molar-refractivity contribution >= 4 is 17.5 Å². The molecule has 122 valence electrons. The van der Waals surface area contributed by atoms with Gasteiger partial charge in [-0.1, -0.05) is 6.07 Å². The Morgan fingerprint density at radius 2 is 2.04 bits per heavy atom. The van der Waals surface area contributed by atoms with E-state index in [1.54, 1.807) is 31.0 Å². The number of carbonyl (C=O) groups excluding carboxylic acids is 1. The molecule has 0 aliphatic carbocycles. The van der Waals surface area contributed by atoms with Crippen LogP contribution in [0.5, 0.6) is 0 Å². The van der Waals surface area contributed by atoms with Crippen molar-refractivity contribution in [2.24, 2.45) is 0 Å². The van der Waals surface area contributed by atoms with Crippen molar-refractivity contribution < 1.29 is 4.79 Å². The second-order valence-corrected chi connectivity index (χ2v) is 5.40. The first-order chi connectivity index (χ1) is 11.6. The lowest BCUT2D eigenvalue weighted by Gasteiger charge is -2.10. The van der Waals surface area contributed by atoms with E-state index < -0.39 is 0 Å². The fourth-order valence-corrected chi connectivity index (χ4v) is 2.03. The summed E-state index contributed by atoms with van der Waals surface area (Å²) >= 11 is 0. The highest BCUT2D eigenvalue weighted by Crippen LogP contribution is 2.09. The Bertz CT molecular complexity index is 795. The van der Waals surface area contributed by atoms with Crippen LogP contribution < -0.4 is 10.2 Å². The molecule has 0 radical (unpaired) electrons. The molecule has 0 fully saturated rings. The molecule has 3 rings (SSSR count). The number of nitrogens with zero attached hydrogens (tertiary/aromatic N) is 6. The Hall–Kier alpha value is -3.29. The molecule has 1 N–H and O–H groups in total. The van der Waals surface area contributed by atoms with Crippen LogP contribution in [-0.4, -0.2) is 44.5 Å². The Balaban J connectivity index is 1.63. The number of pyridine rings is 1. The summed E-state index contributed by atoms with van der Waals surface area (Å²) in [6.07, 6.45) is 10.1. The van der Waals surface area contributed by atoms with Gasteiger partial charge in [-0.3, -0.25) is 4.79 Å². The molecule has 8 nitrogen and oxygen atoms in total. The number of imidazole rings is 1. The summed E-state index contributed by atoms with van der Waals surface area (Å²) in [5.41, 5.74) is 1.26. The van der Waals surface area contributed by atoms with E-state index in [4.69, 9.17) is 0 Å². The zero-order valence-corrected chi connectivity index (χ0v) is 13.4. The number of hydrogen-bond acceptors (Lipinski definition) is 6. The number of hydrogen-bond donors (Lipinski definition) is 1. The smallest absolute Gasteiger partial charge is 0.277 e. The van der Waals surface area contributed by atoms with Crippen molar-refractivity contribution in [3.63, 3.8) is 0 Å². The van der Waals surface area contributed by atoms with Gasteiger partial charge in [0.1, 0.15) is 17.3 Å². The molecule has 24 heavy (non-hydrogen) atoms. The van der Waals surface area contributed by atoms with Crippen LogP contribution in [0.4, 0.5) is 11.6 Å². The standard InChI is InChI=1S/C16H17N7O/c1-22(2)15-9-18-13(8-20-15)16(24)21-14-4-3-12(7-19-14)10-23-6-5-17-11-23/h3-9,11H,10H2,1-2H3,(H,19,21,24). The van der Waals surface area contributed by atoms with Gasteiger partial charge < -0.3 is 14.8 Å². The topological polar surface area (TPSA) is 88.8 Å². The van der Waals surface area contributed by atoms with Gasteiger partial charge in [-0.15, -0.1) is 0 Å². The van der Waals surface area contributed by atoms with E-state index in [2.05, 4.69) is 25.3 Å². The van der Waals surface area contributed by atoms with Crippen LogP contribution >= 0.6 is 0 Å². The van der Waals surface area contributed by atoms with Crippen LogP contribution in [0.15, 0.2) is 49.4 Å². The first-order valence-electron chi connectivity index (χ1n) is 7.33. The maximum atomic E-state index is 12.2. The third-order valence-electron chi connectivity index (χ3n) is 3.32. The molecule has 0 aromatic carbocycles. The molecule has 1 amide bonds. The minimum atomic E-state index is -0.345. The van der Waals surface area contributed by atoms with Gasteiger partial charge in [0.15, 0.2) is 0 Å².